The van der Waals surface area contributed by atoms with Crippen LogP contribution in [0.4, 0.5) is 4.79 Å². The summed E-state index contributed by atoms with van der Waals surface area (Å²) in [5, 5.41) is 28.0. The Morgan fingerprint density at radius 2 is 1.86 bits per heavy atom. The molecular formula is C35H43N7O7S. The zero-order chi connectivity index (χ0) is 35.6. The molecule has 3 aliphatic rings. The maximum atomic E-state index is 14.4. The Balaban J connectivity index is 1.35. The molecule has 3 N–H and O–H groups in total. The summed E-state index contributed by atoms with van der Waals surface area (Å²) in [5.41, 5.74) is -0.327. The van der Waals surface area contributed by atoms with Crippen molar-refractivity contribution in [3.8, 4) is 27.7 Å². The molecule has 0 bridgehead atoms. The fourth-order valence-corrected chi connectivity index (χ4v) is 7.23. The highest BCUT2D eigenvalue weighted by atomic mass is 32.1. The number of benzene rings is 1. The van der Waals surface area contributed by atoms with E-state index in [1.165, 1.54) is 21.0 Å². The van der Waals surface area contributed by atoms with Crippen molar-refractivity contribution in [3.05, 3.63) is 48.0 Å². The predicted octanol–water partition coefficient (Wildman–Crippen LogP) is 4.59. The summed E-state index contributed by atoms with van der Waals surface area (Å²) >= 11 is 1.41. The quantitative estimate of drug-likeness (QED) is 0.307. The van der Waals surface area contributed by atoms with E-state index in [0.29, 0.717) is 35.0 Å². The number of hydrogen-bond donors (Lipinski definition) is 3. The lowest BCUT2D eigenvalue weighted by Crippen LogP contribution is -2.56. The molecule has 15 heteroatoms. The zero-order valence-electron chi connectivity index (χ0n) is 28.6. The highest BCUT2D eigenvalue weighted by molar-refractivity contribution is 7.13. The lowest BCUT2D eigenvalue weighted by molar-refractivity contribution is -0.145. The van der Waals surface area contributed by atoms with Gasteiger partial charge < -0.3 is 30.1 Å². The van der Waals surface area contributed by atoms with E-state index >= 15 is 0 Å². The maximum Gasteiger partial charge on any atom is 0.408 e. The number of hydrogen-bond acceptors (Lipinski definition) is 10. The Labute approximate surface area is 294 Å². The highest BCUT2D eigenvalue weighted by Crippen LogP contribution is 2.46. The molecule has 0 unspecified atom stereocenters. The van der Waals surface area contributed by atoms with E-state index in [4.69, 9.17) is 19.7 Å². The van der Waals surface area contributed by atoms with Crippen LogP contribution in [0.25, 0.3) is 22.0 Å². The second-order valence-corrected chi connectivity index (χ2v) is 14.9. The van der Waals surface area contributed by atoms with E-state index in [9.17, 15) is 24.3 Å². The predicted molar refractivity (Wildman–Crippen MR) is 184 cm³/mol. The fourth-order valence-electron chi connectivity index (χ4n) is 6.61. The van der Waals surface area contributed by atoms with Crippen molar-refractivity contribution in [2.75, 3.05) is 13.7 Å². The van der Waals surface area contributed by atoms with Gasteiger partial charge in [-0.3, -0.25) is 9.59 Å². The average Bonchev–Trinajstić information content (AvgIpc) is 3.52. The smallest absolute Gasteiger partial charge is 0.408 e. The number of nitrogens with zero attached hydrogens (tertiary/aromatic N) is 5. The number of aromatic nitrogens is 4. The summed E-state index contributed by atoms with van der Waals surface area (Å²) in [7, 11) is 1.59. The number of amides is 3. The normalized spacial score (nSPS) is 26.4. The van der Waals surface area contributed by atoms with Gasteiger partial charge in [0.1, 0.15) is 45.4 Å². The Morgan fingerprint density at radius 3 is 2.54 bits per heavy atom. The van der Waals surface area contributed by atoms with Crippen molar-refractivity contribution in [2.45, 2.75) is 95.0 Å². The minimum absolute atomic E-state index is 0.0564. The van der Waals surface area contributed by atoms with E-state index in [-0.39, 0.29) is 25.3 Å². The molecule has 1 saturated heterocycles. The van der Waals surface area contributed by atoms with Gasteiger partial charge in [0, 0.05) is 36.0 Å². The molecule has 5 atom stereocenters. The van der Waals surface area contributed by atoms with E-state index in [1.54, 1.807) is 34.1 Å². The van der Waals surface area contributed by atoms with Gasteiger partial charge in [-0.1, -0.05) is 25.0 Å². The average molecular weight is 706 g/mol. The summed E-state index contributed by atoms with van der Waals surface area (Å²) in [4.78, 5) is 61.3. The Morgan fingerprint density at radius 1 is 1.10 bits per heavy atom. The summed E-state index contributed by atoms with van der Waals surface area (Å²) < 4.78 is 10.8. The number of nitrogens with one attached hydrogen (secondary N) is 2. The number of carbonyl (C=O) groups is 4. The number of carboxylic acid groups (broad SMARTS) is 1. The van der Waals surface area contributed by atoms with Gasteiger partial charge in [0.2, 0.25) is 11.8 Å². The molecule has 266 valence electrons. The molecule has 2 aromatic heterocycles. The topological polar surface area (TPSA) is 178 Å². The van der Waals surface area contributed by atoms with Crippen molar-refractivity contribution >= 4 is 35.2 Å². The first-order chi connectivity index (χ1) is 23.9. The third kappa shape index (κ3) is 7.52. The van der Waals surface area contributed by atoms with Crippen LogP contribution < -0.4 is 15.4 Å². The Kier molecular flexibility index (Phi) is 9.96. The van der Waals surface area contributed by atoms with Crippen LogP contribution in [0.15, 0.2) is 48.0 Å². The Hall–Kier alpha value is -4.79. The van der Waals surface area contributed by atoms with Crippen LogP contribution in [0.5, 0.6) is 5.75 Å². The monoisotopic (exact) mass is 705 g/mol. The number of alkyl carbamates (subject to hydrolysis) is 1. The van der Waals surface area contributed by atoms with E-state index < -0.39 is 53.1 Å². The van der Waals surface area contributed by atoms with Gasteiger partial charge in [0.25, 0.3) is 0 Å². The van der Waals surface area contributed by atoms with Crippen LogP contribution >= 0.6 is 11.3 Å². The minimum atomic E-state index is -1.45. The summed E-state index contributed by atoms with van der Waals surface area (Å²) in [5.74, 6) is -1.81. The van der Waals surface area contributed by atoms with Crippen molar-refractivity contribution in [2.24, 2.45) is 5.92 Å². The van der Waals surface area contributed by atoms with Crippen LogP contribution in [-0.4, -0.2) is 90.7 Å². The van der Waals surface area contributed by atoms with E-state index in [1.807, 2.05) is 41.8 Å². The molecular weight excluding hydrogens is 662 g/mol. The van der Waals surface area contributed by atoms with Crippen molar-refractivity contribution in [1.82, 2.24) is 35.5 Å². The molecule has 14 nitrogen and oxygen atoms in total. The molecule has 1 aromatic carbocycles. The molecule has 3 amide bonds. The van der Waals surface area contributed by atoms with Crippen molar-refractivity contribution in [3.63, 3.8) is 0 Å². The molecule has 50 heavy (non-hydrogen) atoms. The number of fused-ring (bicyclic) bond motifs is 2. The standard InChI is InChI=1S/C35H43N7O7S/c1-34(2,3)49-33(47)37-25-11-9-7-5-6-8-10-22-19-35(22,32(45)46)38-29(43)26-18-23(20-41(26)31(25)44)42-39-27(21-12-14-24(48-4)15-13-21)28(40-42)30-36-16-17-50-30/h8,10,12-17,22-23,25-26H,5-7,9,11,18-20H2,1-4H3,(H,37,47)(H,38,43)(H,45,46)/b10-8-/t22-,23+,25-,26+,35+/m1/s1. The van der Waals surface area contributed by atoms with Crippen LogP contribution in [0.1, 0.15) is 71.8 Å². The van der Waals surface area contributed by atoms with Crippen LogP contribution in [0, 0.1) is 5.92 Å². The number of aliphatic carboxylic acids is 1. The number of carbonyl (C=O) groups excluding carboxylic acids is 3. The summed E-state index contributed by atoms with van der Waals surface area (Å²) in [6.07, 6.45) is 8.55. The first kappa shape index (κ1) is 35.1. The fraction of sp³-hybridized carbons (Fsp3) is 0.514. The van der Waals surface area contributed by atoms with Gasteiger partial charge >= 0.3 is 12.1 Å². The molecule has 2 aliphatic heterocycles. The lowest BCUT2D eigenvalue weighted by Gasteiger charge is -2.30. The zero-order valence-corrected chi connectivity index (χ0v) is 29.4. The molecule has 6 rings (SSSR count). The second kappa shape index (κ2) is 14.2. The maximum absolute atomic E-state index is 14.4. The summed E-state index contributed by atoms with van der Waals surface area (Å²) in [6, 6.07) is 4.85. The first-order valence-electron chi connectivity index (χ1n) is 16.9. The van der Waals surface area contributed by atoms with Gasteiger partial charge in [0.05, 0.1) is 13.2 Å². The third-order valence-electron chi connectivity index (χ3n) is 9.28. The largest absolute Gasteiger partial charge is 0.497 e. The molecule has 0 spiro atoms. The van der Waals surface area contributed by atoms with E-state index in [0.717, 1.165) is 24.8 Å². The molecule has 1 aliphatic carbocycles. The first-order valence-corrected chi connectivity index (χ1v) is 17.8. The number of thiazole rings is 1. The lowest BCUT2D eigenvalue weighted by atomic mass is 10.0. The van der Waals surface area contributed by atoms with Gasteiger partial charge in [-0.25, -0.2) is 14.6 Å². The van der Waals surface area contributed by atoms with Gasteiger partial charge in [0.15, 0.2) is 0 Å². The molecule has 4 heterocycles. The van der Waals surface area contributed by atoms with Crippen LogP contribution in [0.2, 0.25) is 0 Å². The van der Waals surface area contributed by atoms with Crippen LogP contribution in [0.3, 0.4) is 0 Å². The van der Waals surface area contributed by atoms with Crippen LogP contribution in [-0.2, 0) is 19.1 Å². The molecule has 1 saturated carbocycles. The minimum Gasteiger partial charge on any atom is -0.497 e. The SMILES string of the molecule is COc1ccc(-c2nn([C@H]3C[C@H]4C(=O)N[C@@]5(C(=O)O)C[C@H]5/C=C\CCCCC[C@@H](NC(=O)OC(C)(C)C)C(=O)N4C3)nc2-c2nccs2)cc1. The molecule has 3 aromatic rings. The van der Waals surface area contributed by atoms with Crippen molar-refractivity contribution in [1.29, 1.82) is 0 Å². The van der Waals surface area contributed by atoms with Gasteiger partial charge in [-0.05, 0) is 70.7 Å². The number of allylic oxidation sites excluding steroid dienone is 1. The van der Waals surface area contributed by atoms with Crippen molar-refractivity contribution < 1.29 is 33.8 Å². The van der Waals surface area contributed by atoms with E-state index in [2.05, 4.69) is 15.6 Å². The van der Waals surface area contributed by atoms with Gasteiger partial charge in [-0.2, -0.15) is 9.90 Å². The highest BCUT2D eigenvalue weighted by Gasteiger charge is 2.61. The third-order valence-corrected chi connectivity index (χ3v) is 10.1. The number of ether oxygens (including phenoxy) is 2. The summed E-state index contributed by atoms with van der Waals surface area (Å²) in [6.45, 7) is 5.28. The second-order valence-electron chi connectivity index (χ2n) is 14.0. The van der Waals surface area contributed by atoms with Gasteiger partial charge in [-0.15, -0.1) is 16.4 Å². The molecule has 2 fully saturated rings. The number of rotatable bonds is 6. The Bertz CT molecular complexity index is 1750. The number of methoxy groups -OCH3 is 1. The molecule has 0 radical (unpaired) electrons. The number of carboxylic acids is 1.